The minimum Gasteiger partial charge on any atom is -0.299 e. The van der Waals surface area contributed by atoms with Gasteiger partial charge in [-0.1, -0.05) is 70.2 Å². The van der Waals surface area contributed by atoms with Crippen LogP contribution in [0.15, 0.2) is 54.9 Å². The SMILES string of the molecule is CCc1cccc(CC)c1-n1ccnc1-c1ccccc1C(C)CC. The maximum atomic E-state index is 4.75. The van der Waals surface area contributed by atoms with Crippen LogP contribution in [-0.2, 0) is 12.8 Å². The molecule has 0 spiro atoms. The molecule has 2 nitrogen and oxygen atoms in total. The van der Waals surface area contributed by atoms with E-state index in [0.29, 0.717) is 5.92 Å². The third kappa shape index (κ3) is 3.26. The zero-order valence-corrected chi connectivity index (χ0v) is 15.8. The van der Waals surface area contributed by atoms with Crippen LogP contribution in [0.1, 0.15) is 56.7 Å². The average Bonchev–Trinajstić information content (AvgIpc) is 3.15. The van der Waals surface area contributed by atoms with Crippen molar-refractivity contribution in [2.24, 2.45) is 0 Å². The average molecular weight is 332 g/mol. The van der Waals surface area contributed by atoms with Gasteiger partial charge in [0.15, 0.2) is 0 Å². The monoisotopic (exact) mass is 332 g/mol. The van der Waals surface area contributed by atoms with Crippen molar-refractivity contribution in [3.63, 3.8) is 0 Å². The Labute approximate surface area is 151 Å². The van der Waals surface area contributed by atoms with Gasteiger partial charge in [0.1, 0.15) is 5.82 Å². The van der Waals surface area contributed by atoms with Crippen molar-refractivity contribution in [3.8, 4) is 17.1 Å². The van der Waals surface area contributed by atoms with Gasteiger partial charge in [-0.15, -0.1) is 0 Å². The molecule has 3 aromatic rings. The van der Waals surface area contributed by atoms with Crippen LogP contribution >= 0.6 is 0 Å². The van der Waals surface area contributed by atoms with Gasteiger partial charge in [0.05, 0.1) is 5.69 Å². The highest BCUT2D eigenvalue weighted by Crippen LogP contribution is 2.33. The number of imidazole rings is 1. The molecule has 2 heteroatoms. The molecule has 0 bridgehead atoms. The minimum atomic E-state index is 0.522. The highest BCUT2D eigenvalue weighted by molar-refractivity contribution is 5.65. The molecule has 0 radical (unpaired) electrons. The third-order valence-electron chi connectivity index (χ3n) is 5.19. The first-order valence-electron chi connectivity index (χ1n) is 9.44. The topological polar surface area (TPSA) is 17.8 Å². The van der Waals surface area contributed by atoms with Crippen LogP contribution in [0, 0.1) is 0 Å². The molecule has 0 N–H and O–H groups in total. The fourth-order valence-electron chi connectivity index (χ4n) is 3.56. The number of nitrogens with zero attached hydrogens (tertiary/aromatic N) is 2. The van der Waals surface area contributed by atoms with Crippen molar-refractivity contribution in [1.82, 2.24) is 9.55 Å². The molecular formula is C23H28N2. The number of rotatable bonds is 6. The summed E-state index contributed by atoms with van der Waals surface area (Å²) in [6.07, 6.45) is 7.20. The number of hydrogen-bond acceptors (Lipinski definition) is 1. The van der Waals surface area contributed by atoms with E-state index < -0.39 is 0 Å². The molecule has 0 saturated carbocycles. The fraction of sp³-hybridized carbons (Fsp3) is 0.348. The maximum absolute atomic E-state index is 4.75. The fourth-order valence-corrected chi connectivity index (χ4v) is 3.56. The Hall–Kier alpha value is -2.35. The highest BCUT2D eigenvalue weighted by atomic mass is 15.1. The zero-order chi connectivity index (χ0) is 17.8. The second kappa shape index (κ2) is 7.69. The number of benzene rings is 2. The molecule has 0 aliphatic carbocycles. The van der Waals surface area contributed by atoms with E-state index in [-0.39, 0.29) is 0 Å². The molecule has 1 heterocycles. The van der Waals surface area contributed by atoms with Gasteiger partial charge in [0.25, 0.3) is 0 Å². The Kier molecular flexibility index (Phi) is 5.37. The number of hydrogen-bond donors (Lipinski definition) is 0. The lowest BCUT2D eigenvalue weighted by Gasteiger charge is -2.19. The van der Waals surface area contributed by atoms with Crippen molar-refractivity contribution in [3.05, 3.63) is 71.5 Å². The number of para-hydroxylation sites is 1. The van der Waals surface area contributed by atoms with Crippen LogP contribution in [0.5, 0.6) is 0 Å². The predicted octanol–water partition coefficient (Wildman–Crippen LogP) is 6.18. The van der Waals surface area contributed by atoms with Gasteiger partial charge < -0.3 is 0 Å². The molecule has 0 amide bonds. The van der Waals surface area contributed by atoms with Gasteiger partial charge in [-0.05, 0) is 41.9 Å². The first-order valence-corrected chi connectivity index (χ1v) is 9.44. The van der Waals surface area contributed by atoms with Crippen molar-refractivity contribution >= 4 is 0 Å². The summed E-state index contributed by atoms with van der Waals surface area (Å²) >= 11 is 0. The van der Waals surface area contributed by atoms with Crippen molar-refractivity contribution in [1.29, 1.82) is 0 Å². The van der Waals surface area contributed by atoms with E-state index in [9.17, 15) is 0 Å². The zero-order valence-electron chi connectivity index (χ0n) is 15.8. The van der Waals surface area contributed by atoms with E-state index in [0.717, 1.165) is 25.1 Å². The lowest BCUT2D eigenvalue weighted by atomic mass is 9.93. The van der Waals surface area contributed by atoms with E-state index in [1.54, 1.807) is 0 Å². The molecule has 3 rings (SSSR count). The van der Waals surface area contributed by atoms with E-state index in [2.05, 4.69) is 80.9 Å². The Morgan fingerprint density at radius 3 is 2.24 bits per heavy atom. The molecule has 1 unspecified atom stereocenters. The largest absolute Gasteiger partial charge is 0.299 e. The minimum absolute atomic E-state index is 0.522. The molecular weight excluding hydrogens is 304 g/mol. The van der Waals surface area contributed by atoms with Crippen LogP contribution in [0.3, 0.4) is 0 Å². The molecule has 130 valence electrons. The van der Waals surface area contributed by atoms with Gasteiger partial charge >= 0.3 is 0 Å². The Morgan fingerprint density at radius 1 is 0.920 bits per heavy atom. The first kappa shape index (κ1) is 17.5. The van der Waals surface area contributed by atoms with Crippen molar-refractivity contribution < 1.29 is 0 Å². The second-order valence-corrected chi connectivity index (χ2v) is 6.65. The lowest BCUT2D eigenvalue weighted by molar-refractivity contribution is 0.734. The van der Waals surface area contributed by atoms with Crippen LogP contribution in [0.2, 0.25) is 0 Å². The second-order valence-electron chi connectivity index (χ2n) is 6.65. The summed E-state index contributed by atoms with van der Waals surface area (Å²) in [6, 6.07) is 15.3. The summed E-state index contributed by atoms with van der Waals surface area (Å²) in [5, 5.41) is 0. The van der Waals surface area contributed by atoms with Gasteiger partial charge in [0, 0.05) is 18.0 Å². The predicted molar refractivity (Wildman–Crippen MR) is 106 cm³/mol. The molecule has 1 atom stereocenters. The molecule has 1 aromatic heterocycles. The summed E-state index contributed by atoms with van der Waals surface area (Å²) < 4.78 is 2.29. The van der Waals surface area contributed by atoms with Crippen LogP contribution in [-0.4, -0.2) is 9.55 Å². The van der Waals surface area contributed by atoms with Crippen molar-refractivity contribution in [2.75, 3.05) is 0 Å². The van der Waals surface area contributed by atoms with Crippen LogP contribution in [0.4, 0.5) is 0 Å². The molecule has 2 aromatic carbocycles. The van der Waals surface area contributed by atoms with Gasteiger partial charge in [-0.25, -0.2) is 4.98 Å². The third-order valence-corrected chi connectivity index (χ3v) is 5.19. The summed E-state index contributed by atoms with van der Waals surface area (Å²) in [5.74, 6) is 1.57. The molecule has 25 heavy (non-hydrogen) atoms. The summed E-state index contributed by atoms with van der Waals surface area (Å²) in [4.78, 5) is 4.75. The quantitative estimate of drug-likeness (QED) is 0.527. The highest BCUT2D eigenvalue weighted by Gasteiger charge is 2.17. The Bertz CT molecular complexity index is 823. The van der Waals surface area contributed by atoms with E-state index in [1.807, 2.05) is 6.20 Å². The van der Waals surface area contributed by atoms with Gasteiger partial charge in [0.2, 0.25) is 0 Å². The smallest absolute Gasteiger partial charge is 0.144 e. The number of aromatic nitrogens is 2. The summed E-state index contributed by atoms with van der Waals surface area (Å²) in [7, 11) is 0. The molecule has 0 aliphatic heterocycles. The molecule has 0 fully saturated rings. The van der Waals surface area contributed by atoms with E-state index in [4.69, 9.17) is 4.98 Å². The summed E-state index contributed by atoms with van der Waals surface area (Å²) in [6.45, 7) is 8.99. The standard InChI is InChI=1S/C23H28N2/c1-5-17(4)20-13-8-9-14-21(20)23-24-15-16-25(23)22-18(6-2)11-10-12-19(22)7-3/h8-17H,5-7H2,1-4H3. The maximum Gasteiger partial charge on any atom is 0.144 e. The number of aryl methyl sites for hydroxylation is 2. The van der Waals surface area contributed by atoms with Crippen molar-refractivity contribution in [2.45, 2.75) is 52.9 Å². The first-order chi connectivity index (χ1) is 12.2. The molecule has 0 aliphatic rings. The van der Waals surface area contributed by atoms with Crippen LogP contribution in [0.25, 0.3) is 17.1 Å². The Balaban J connectivity index is 2.22. The van der Waals surface area contributed by atoms with Gasteiger partial charge in [-0.2, -0.15) is 0 Å². The van der Waals surface area contributed by atoms with E-state index >= 15 is 0 Å². The lowest BCUT2D eigenvalue weighted by Crippen LogP contribution is -2.06. The van der Waals surface area contributed by atoms with Gasteiger partial charge in [-0.3, -0.25) is 4.57 Å². The van der Waals surface area contributed by atoms with E-state index in [1.165, 1.54) is 27.9 Å². The molecule has 0 saturated heterocycles. The summed E-state index contributed by atoms with van der Waals surface area (Å²) in [5.41, 5.74) is 6.68. The normalized spacial score (nSPS) is 12.3. The van der Waals surface area contributed by atoms with Crippen LogP contribution < -0.4 is 0 Å². The Morgan fingerprint density at radius 2 is 1.60 bits per heavy atom.